The molecular formula is C14H16BrN3O2S. The van der Waals surface area contributed by atoms with Crippen LogP contribution in [0.5, 0.6) is 0 Å². The Balaban J connectivity index is 2.12. The third-order valence-electron chi connectivity index (χ3n) is 2.80. The predicted molar refractivity (Wildman–Crippen MR) is 89.5 cm³/mol. The maximum Gasteiger partial charge on any atom is 0.232 e. The Morgan fingerprint density at radius 2 is 2.00 bits per heavy atom. The monoisotopic (exact) mass is 369 g/mol. The van der Waals surface area contributed by atoms with Crippen LogP contribution in [0.15, 0.2) is 41.0 Å². The van der Waals surface area contributed by atoms with Gasteiger partial charge in [0, 0.05) is 4.47 Å². The molecule has 2 aromatic rings. The number of aryl methyl sites for hydroxylation is 1. The summed E-state index contributed by atoms with van der Waals surface area (Å²) < 4.78 is 26.3. The number of rotatable bonds is 5. The topological polar surface area (TPSA) is 71.1 Å². The van der Waals surface area contributed by atoms with Crippen LogP contribution in [0.4, 0.5) is 17.2 Å². The molecule has 2 N–H and O–H groups in total. The molecule has 0 atom stereocenters. The fraction of sp³-hybridized carbons (Fsp3) is 0.214. The zero-order chi connectivity index (χ0) is 15.5. The highest BCUT2D eigenvalue weighted by Gasteiger charge is 2.07. The summed E-state index contributed by atoms with van der Waals surface area (Å²) in [6.45, 7) is 3.60. The van der Waals surface area contributed by atoms with E-state index in [1.165, 1.54) is 6.20 Å². The summed E-state index contributed by atoms with van der Waals surface area (Å²) in [6.07, 6.45) is 1.48. The van der Waals surface area contributed by atoms with Crippen molar-refractivity contribution >= 4 is 43.1 Å². The van der Waals surface area contributed by atoms with Crippen LogP contribution in [-0.4, -0.2) is 19.2 Å². The van der Waals surface area contributed by atoms with Crippen molar-refractivity contribution in [1.82, 2.24) is 4.98 Å². The molecule has 0 bridgehead atoms. The molecule has 0 aliphatic rings. The SMILES string of the molecule is CCS(=O)(=O)Nc1ccc(Nc2ccc(C)cc2Br)nc1. The molecule has 0 radical (unpaired) electrons. The van der Waals surface area contributed by atoms with Gasteiger partial charge in [-0.25, -0.2) is 13.4 Å². The standard InChI is InChI=1S/C14H16BrN3O2S/c1-3-21(19,20)18-11-5-7-14(16-9-11)17-13-6-4-10(2)8-12(13)15/h4-9,18H,3H2,1-2H3,(H,16,17). The molecule has 1 aromatic carbocycles. The number of aromatic nitrogens is 1. The second kappa shape index (κ2) is 6.44. The Bertz CT molecular complexity index is 730. The molecular weight excluding hydrogens is 354 g/mol. The summed E-state index contributed by atoms with van der Waals surface area (Å²) in [5.74, 6) is 0.669. The zero-order valence-electron chi connectivity index (χ0n) is 11.7. The summed E-state index contributed by atoms with van der Waals surface area (Å²) in [5, 5.41) is 3.17. The largest absolute Gasteiger partial charge is 0.339 e. The quantitative estimate of drug-likeness (QED) is 0.843. The molecule has 21 heavy (non-hydrogen) atoms. The van der Waals surface area contributed by atoms with E-state index in [4.69, 9.17) is 0 Å². The lowest BCUT2D eigenvalue weighted by molar-refractivity contribution is 0.602. The van der Waals surface area contributed by atoms with Crippen molar-refractivity contribution in [2.24, 2.45) is 0 Å². The number of hydrogen-bond donors (Lipinski definition) is 2. The number of sulfonamides is 1. The maximum atomic E-state index is 11.5. The van der Waals surface area contributed by atoms with Crippen LogP contribution in [0.3, 0.4) is 0 Å². The van der Waals surface area contributed by atoms with Gasteiger partial charge in [-0.15, -0.1) is 0 Å². The van der Waals surface area contributed by atoms with Crippen LogP contribution in [-0.2, 0) is 10.0 Å². The number of benzene rings is 1. The lowest BCUT2D eigenvalue weighted by atomic mass is 10.2. The molecule has 0 fully saturated rings. The minimum absolute atomic E-state index is 0.0311. The highest BCUT2D eigenvalue weighted by Crippen LogP contribution is 2.26. The van der Waals surface area contributed by atoms with Gasteiger partial charge in [0.25, 0.3) is 0 Å². The van der Waals surface area contributed by atoms with Crippen molar-refractivity contribution in [2.45, 2.75) is 13.8 Å². The lowest BCUT2D eigenvalue weighted by Gasteiger charge is -2.10. The van der Waals surface area contributed by atoms with Crippen molar-refractivity contribution < 1.29 is 8.42 Å². The van der Waals surface area contributed by atoms with Crippen molar-refractivity contribution in [3.63, 3.8) is 0 Å². The molecule has 0 saturated carbocycles. The summed E-state index contributed by atoms with van der Waals surface area (Å²) in [5.41, 5.74) is 2.50. The van der Waals surface area contributed by atoms with Gasteiger partial charge in [0.05, 0.1) is 23.3 Å². The van der Waals surface area contributed by atoms with E-state index in [1.54, 1.807) is 19.1 Å². The van der Waals surface area contributed by atoms with E-state index in [9.17, 15) is 8.42 Å². The molecule has 0 aliphatic carbocycles. The summed E-state index contributed by atoms with van der Waals surface area (Å²) >= 11 is 3.49. The highest BCUT2D eigenvalue weighted by atomic mass is 79.9. The minimum Gasteiger partial charge on any atom is -0.339 e. The lowest BCUT2D eigenvalue weighted by Crippen LogP contribution is -2.14. The molecule has 112 valence electrons. The summed E-state index contributed by atoms with van der Waals surface area (Å²) in [7, 11) is -3.27. The number of pyridine rings is 1. The van der Waals surface area contributed by atoms with Crippen LogP contribution in [0.25, 0.3) is 0 Å². The van der Waals surface area contributed by atoms with Gasteiger partial charge >= 0.3 is 0 Å². The van der Waals surface area contributed by atoms with Gasteiger partial charge in [-0.3, -0.25) is 4.72 Å². The molecule has 7 heteroatoms. The fourth-order valence-electron chi connectivity index (χ4n) is 1.64. The van der Waals surface area contributed by atoms with Crippen molar-refractivity contribution in [3.05, 3.63) is 46.6 Å². The van der Waals surface area contributed by atoms with Crippen LogP contribution >= 0.6 is 15.9 Å². The third-order valence-corrected chi connectivity index (χ3v) is 4.77. The third kappa shape index (κ3) is 4.44. The van der Waals surface area contributed by atoms with Gasteiger partial charge in [-0.05, 0) is 59.6 Å². The first-order valence-corrected chi connectivity index (χ1v) is 8.84. The minimum atomic E-state index is -3.27. The van der Waals surface area contributed by atoms with E-state index in [0.717, 1.165) is 15.7 Å². The Morgan fingerprint density at radius 3 is 2.57 bits per heavy atom. The number of halogens is 1. The van der Waals surface area contributed by atoms with Crippen LogP contribution in [0, 0.1) is 6.92 Å². The predicted octanol–water partition coefficient (Wildman–Crippen LogP) is 3.66. The number of nitrogens with zero attached hydrogens (tertiary/aromatic N) is 1. The van der Waals surface area contributed by atoms with Gasteiger partial charge < -0.3 is 5.32 Å². The van der Waals surface area contributed by atoms with Crippen molar-refractivity contribution in [2.75, 3.05) is 15.8 Å². The molecule has 0 saturated heterocycles. The Hall–Kier alpha value is -1.60. The average molecular weight is 370 g/mol. The Morgan fingerprint density at radius 1 is 1.24 bits per heavy atom. The molecule has 5 nitrogen and oxygen atoms in total. The van der Waals surface area contributed by atoms with E-state index < -0.39 is 10.0 Å². The molecule has 0 spiro atoms. The molecule has 0 aliphatic heterocycles. The zero-order valence-corrected chi connectivity index (χ0v) is 14.1. The normalized spacial score (nSPS) is 11.2. The second-order valence-electron chi connectivity index (χ2n) is 4.55. The first kappa shape index (κ1) is 15.8. The van der Waals surface area contributed by atoms with Gasteiger partial charge in [-0.1, -0.05) is 6.07 Å². The van der Waals surface area contributed by atoms with Gasteiger partial charge in [0.1, 0.15) is 5.82 Å². The summed E-state index contributed by atoms with van der Waals surface area (Å²) in [6, 6.07) is 9.35. The smallest absolute Gasteiger partial charge is 0.232 e. The van der Waals surface area contributed by atoms with Crippen LogP contribution in [0.1, 0.15) is 12.5 Å². The molecule has 0 amide bonds. The van der Waals surface area contributed by atoms with E-state index in [1.807, 2.05) is 25.1 Å². The van der Waals surface area contributed by atoms with Gasteiger partial charge in [0.15, 0.2) is 0 Å². The van der Waals surface area contributed by atoms with Crippen molar-refractivity contribution in [3.8, 4) is 0 Å². The molecule has 1 heterocycles. The average Bonchev–Trinajstić information content (AvgIpc) is 2.44. The van der Waals surface area contributed by atoms with E-state index >= 15 is 0 Å². The van der Waals surface area contributed by atoms with Crippen LogP contribution < -0.4 is 10.0 Å². The van der Waals surface area contributed by atoms with Crippen molar-refractivity contribution in [1.29, 1.82) is 0 Å². The Labute approximate surface area is 133 Å². The number of nitrogens with one attached hydrogen (secondary N) is 2. The van der Waals surface area contributed by atoms with Crippen LogP contribution in [0.2, 0.25) is 0 Å². The van der Waals surface area contributed by atoms with E-state index in [2.05, 4.69) is 31.0 Å². The first-order chi connectivity index (χ1) is 9.89. The fourth-order valence-corrected chi connectivity index (χ4v) is 2.86. The van der Waals surface area contributed by atoms with Gasteiger partial charge in [-0.2, -0.15) is 0 Å². The summed E-state index contributed by atoms with van der Waals surface area (Å²) in [4.78, 5) is 4.20. The number of anilines is 3. The second-order valence-corrected chi connectivity index (χ2v) is 7.41. The van der Waals surface area contributed by atoms with E-state index in [0.29, 0.717) is 11.5 Å². The Kier molecular flexibility index (Phi) is 4.84. The van der Waals surface area contributed by atoms with E-state index in [-0.39, 0.29) is 5.75 Å². The maximum absolute atomic E-state index is 11.5. The molecule has 1 aromatic heterocycles. The van der Waals surface area contributed by atoms with Gasteiger partial charge in [0.2, 0.25) is 10.0 Å². The molecule has 0 unspecified atom stereocenters. The first-order valence-electron chi connectivity index (χ1n) is 6.39. The molecule has 2 rings (SSSR count). The number of hydrogen-bond acceptors (Lipinski definition) is 4. The highest BCUT2D eigenvalue weighted by molar-refractivity contribution is 9.10.